The first-order valence-electron chi connectivity index (χ1n) is 11.2. The first-order chi connectivity index (χ1) is 15.0. The molecule has 3 aromatic carbocycles. The van der Waals surface area contributed by atoms with E-state index in [0.717, 1.165) is 36.1 Å². The summed E-state index contributed by atoms with van der Waals surface area (Å²) in [6.45, 7) is 7.89. The van der Waals surface area contributed by atoms with Crippen molar-refractivity contribution in [3.63, 3.8) is 0 Å². The molecular formula is C28H31NO2. The van der Waals surface area contributed by atoms with Crippen LogP contribution in [-0.4, -0.2) is 12.3 Å². The maximum atomic E-state index is 13.4. The highest BCUT2D eigenvalue weighted by Gasteiger charge is 2.19. The third-order valence-electron chi connectivity index (χ3n) is 6.00. The van der Waals surface area contributed by atoms with Gasteiger partial charge in [-0.2, -0.15) is 0 Å². The normalized spacial score (nSPS) is 12.9. The Hall–Kier alpha value is -3.07. The molecule has 3 heteroatoms. The summed E-state index contributed by atoms with van der Waals surface area (Å²) in [5.74, 6) is 1.13. The zero-order valence-electron chi connectivity index (χ0n) is 18.7. The molecule has 0 aliphatic carbocycles. The van der Waals surface area contributed by atoms with E-state index < -0.39 is 0 Å². The molecule has 0 unspecified atom stereocenters. The van der Waals surface area contributed by atoms with Gasteiger partial charge in [0.05, 0.1) is 5.56 Å². The molecule has 31 heavy (non-hydrogen) atoms. The van der Waals surface area contributed by atoms with Crippen molar-refractivity contribution in [2.24, 2.45) is 0 Å². The number of hydrogen-bond donors (Lipinski definition) is 1. The third kappa shape index (κ3) is 4.99. The number of anilines is 1. The maximum Gasteiger partial charge on any atom is 0.170 e. The predicted octanol–water partition coefficient (Wildman–Crippen LogP) is 6.48. The van der Waals surface area contributed by atoms with E-state index >= 15 is 0 Å². The van der Waals surface area contributed by atoms with E-state index in [4.69, 9.17) is 4.74 Å². The van der Waals surface area contributed by atoms with Crippen molar-refractivity contribution in [2.75, 3.05) is 11.9 Å². The fourth-order valence-corrected chi connectivity index (χ4v) is 4.31. The van der Waals surface area contributed by atoms with Crippen molar-refractivity contribution in [3.8, 4) is 5.75 Å². The molecule has 3 aromatic rings. The van der Waals surface area contributed by atoms with Crippen LogP contribution in [0.4, 0.5) is 5.69 Å². The van der Waals surface area contributed by atoms with Gasteiger partial charge in [-0.25, -0.2) is 0 Å². The van der Waals surface area contributed by atoms with Crippen molar-refractivity contribution in [3.05, 3.63) is 94.0 Å². The second-order valence-corrected chi connectivity index (χ2v) is 8.76. The lowest BCUT2D eigenvalue weighted by Crippen LogP contribution is -2.13. The summed E-state index contributed by atoms with van der Waals surface area (Å²) < 4.78 is 6.16. The molecule has 0 aromatic heterocycles. The molecule has 0 amide bonds. The lowest BCUT2D eigenvalue weighted by atomic mass is 9.91. The lowest BCUT2D eigenvalue weighted by Gasteiger charge is -2.19. The molecule has 4 rings (SSSR count). The quantitative estimate of drug-likeness (QED) is 0.451. The van der Waals surface area contributed by atoms with E-state index in [0.29, 0.717) is 30.3 Å². The Labute approximate surface area is 185 Å². The summed E-state index contributed by atoms with van der Waals surface area (Å²) in [5, 5.41) is 3.44. The van der Waals surface area contributed by atoms with Crippen LogP contribution in [0, 0.1) is 6.92 Å². The van der Waals surface area contributed by atoms with Gasteiger partial charge < -0.3 is 10.1 Å². The molecule has 0 saturated carbocycles. The van der Waals surface area contributed by atoms with Gasteiger partial charge in [0.1, 0.15) is 12.4 Å². The van der Waals surface area contributed by atoms with Crippen LogP contribution in [0.15, 0.2) is 60.7 Å². The van der Waals surface area contributed by atoms with E-state index in [1.165, 1.54) is 16.8 Å². The van der Waals surface area contributed by atoms with Crippen molar-refractivity contribution >= 4 is 11.5 Å². The fraction of sp³-hybridized carbons (Fsp3) is 0.321. The van der Waals surface area contributed by atoms with Crippen molar-refractivity contribution in [2.45, 2.75) is 52.6 Å². The zero-order valence-corrected chi connectivity index (χ0v) is 18.7. The monoisotopic (exact) mass is 413 g/mol. The van der Waals surface area contributed by atoms with Crippen LogP contribution in [0.1, 0.15) is 64.4 Å². The molecule has 1 N–H and O–H groups in total. The highest BCUT2D eigenvalue weighted by Crippen LogP contribution is 2.30. The second kappa shape index (κ2) is 9.38. The zero-order chi connectivity index (χ0) is 21.8. The molecule has 0 radical (unpaired) electrons. The van der Waals surface area contributed by atoms with E-state index in [1.807, 2.05) is 42.5 Å². The number of fused-ring (bicyclic) bond motifs is 1. The number of ketones is 1. The van der Waals surface area contributed by atoms with E-state index in [2.05, 4.69) is 44.3 Å². The summed E-state index contributed by atoms with van der Waals surface area (Å²) in [4.78, 5) is 13.4. The topological polar surface area (TPSA) is 38.3 Å². The summed E-state index contributed by atoms with van der Waals surface area (Å²) in [6.07, 6.45) is 2.59. The SMILES string of the molecule is Cc1cc(OCc2ccccc2)c(C(=O)Cc2ccc3c(c2)CCCN3)cc1C(C)C. The largest absolute Gasteiger partial charge is 0.488 e. The van der Waals surface area contributed by atoms with Crippen molar-refractivity contribution in [1.82, 2.24) is 0 Å². The minimum Gasteiger partial charge on any atom is -0.488 e. The Morgan fingerprint density at radius 3 is 2.61 bits per heavy atom. The van der Waals surface area contributed by atoms with Gasteiger partial charge in [-0.15, -0.1) is 0 Å². The third-order valence-corrected chi connectivity index (χ3v) is 6.00. The van der Waals surface area contributed by atoms with Crippen LogP contribution in [-0.2, 0) is 19.4 Å². The average molecular weight is 414 g/mol. The van der Waals surface area contributed by atoms with Crippen molar-refractivity contribution < 1.29 is 9.53 Å². The van der Waals surface area contributed by atoms with Crippen LogP contribution in [0.25, 0.3) is 0 Å². The number of carbonyl (C=O) groups is 1. The molecule has 1 aliphatic rings. The average Bonchev–Trinajstić information content (AvgIpc) is 2.78. The van der Waals surface area contributed by atoms with Crippen molar-refractivity contribution in [1.29, 1.82) is 0 Å². The molecule has 0 spiro atoms. The lowest BCUT2D eigenvalue weighted by molar-refractivity contribution is 0.0988. The summed E-state index contributed by atoms with van der Waals surface area (Å²) in [7, 11) is 0. The first-order valence-corrected chi connectivity index (χ1v) is 11.2. The summed E-state index contributed by atoms with van der Waals surface area (Å²) in [6, 6.07) is 20.5. The number of hydrogen-bond acceptors (Lipinski definition) is 3. The van der Waals surface area contributed by atoms with Gasteiger partial charge in [-0.3, -0.25) is 4.79 Å². The van der Waals surface area contributed by atoms with Gasteiger partial charge in [0.25, 0.3) is 0 Å². The number of carbonyl (C=O) groups excluding carboxylic acids is 1. The van der Waals surface area contributed by atoms with Crippen LogP contribution in [0.2, 0.25) is 0 Å². The van der Waals surface area contributed by atoms with Gasteiger partial charge in [0.15, 0.2) is 5.78 Å². The number of rotatable bonds is 7. The fourth-order valence-electron chi connectivity index (χ4n) is 4.31. The Kier molecular flexibility index (Phi) is 6.41. The Balaban J connectivity index is 1.61. The minimum atomic E-state index is 0.105. The molecule has 1 aliphatic heterocycles. The van der Waals surface area contributed by atoms with Crippen LogP contribution >= 0.6 is 0 Å². The summed E-state index contributed by atoms with van der Waals surface area (Å²) >= 11 is 0. The second-order valence-electron chi connectivity index (χ2n) is 8.76. The molecular weight excluding hydrogens is 382 g/mol. The molecule has 0 fully saturated rings. The molecule has 0 atom stereocenters. The maximum absolute atomic E-state index is 13.4. The Morgan fingerprint density at radius 1 is 1.03 bits per heavy atom. The minimum absolute atomic E-state index is 0.105. The standard InChI is InChI=1S/C28H31NO2/c1-19(2)24-17-25(28(14-20(24)3)31-18-21-8-5-4-6-9-21)27(30)16-22-11-12-26-23(15-22)10-7-13-29-26/h4-6,8-9,11-12,14-15,17,19,29H,7,10,13,16,18H2,1-3H3. The van der Waals surface area contributed by atoms with Gasteiger partial charge in [-0.05, 0) is 71.7 Å². The molecule has 3 nitrogen and oxygen atoms in total. The van der Waals surface area contributed by atoms with E-state index in [1.54, 1.807) is 0 Å². The smallest absolute Gasteiger partial charge is 0.170 e. The van der Waals surface area contributed by atoms with Gasteiger partial charge in [-0.1, -0.05) is 56.3 Å². The van der Waals surface area contributed by atoms with Crippen LogP contribution in [0.3, 0.4) is 0 Å². The number of aryl methyl sites for hydroxylation is 2. The Morgan fingerprint density at radius 2 is 1.84 bits per heavy atom. The number of ether oxygens (including phenoxy) is 1. The van der Waals surface area contributed by atoms with Gasteiger partial charge in [0, 0.05) is 18.7 Å². The Bertz CT molecular complexity index is 1070. The molecule has 160 valence electrons. The molecule has 1 heterocycles. The van der Waals surface area contributed by atoms with E-state index in [-0.39, 0.29) is 5.78 Å². The van der Waals surface area contributed by atoms with Gasteiger partial charge >= 0.3 is 0 Å². The highest BCUT2D eigenvalue weighted by molar-refractivity contribution is 6.00. The number of benzene rings is 3. The van der Waals surface area contributed by atoms with Crippen LogP contribution < -0.4 is 10.1 Å². The van der Waals surface area contributed by atoms with Gasteiger partial charge in [0.2, 0.25) is 0 Å². The number of nitrogens with one attached hydrogen (secondary N) is 1. The highest BCUT2D eigenvalue weighted by atomic mass is 16.5. The molecule has 0 bridgehead atoms. The van der Waals surface area contributed by atoms with E-state index in [9.17, 15) is 4.79 Å². The van der Waals surface area contributed by atoms with Crippen LogP contribution in [0.5, 0.6) is 5.75 Å². The molecule has 0 saturated heterocycles. The summed E-state index contributed by atoms with van der Waals surface area (Å²) in [5.41, 5.74) is 7.71. The number of Topliss-reactive ketones (excluding diaryl/α,β-unsaturated/α-hetero) is 1. The first kappa shape index (κ1) is 21.2. The predicted molar refractivity (Wildman–Crippen MR) is 127 cm³/mol.